The van der Waals surface area contributed by atoms with E-state index in [-0.39, 0.29) is 5.91 Å². The van der Waals surface area contributed by atoms with E-state index in [1.807, 2.05) is 55.8 Å². The SMILES string of the molecule is Cc1cc(NC(=O)c2ccc(C)n2C)ccc1Br. The molecule has 3 nitrogen and oxygen atoms in total. The van der Waals surface area contributed by atoms with Crippen molar-refractivity contribution in [3.8, 4) is 0 Å². The van der Waals surface area contributed by atoms with Gasteiger partial charge in [0, 0.05) is 22.9 Å². The van der Waals surface area contributed by atoms with Gasteiger partial charge in [0.1, 0.15) is 5.69 Å². The Labute approximate surface area is 115 Å². The molecule has 1 aromatic heterocycles. The molecule has 1 amide bonds. The van der Waals surface area contributed by atoms with Crippen LogP contribution in [0.1, 0.15) is 21.7 Å². The van der Waals surface area contributed by atoms with E-state index in [9.17, 15) is 4.79 Å². The molecule has 0 saturated carbocycles. The Bertz CT molecular complexity index is 602. The zero-order valence-corrected chi connectivity index (χ0v) is 12.2. The van der Waals surface area contributed by atoms with Gasteiger partial charge in [-0.25, -0.2) is 0 Å². The van der Waals surface area contributed by atoms with Crippen molar-refractivity contribution in [3.05, 3.63) is 51.8 Å². The predicted octanol–water partition coefficient (Wildman–Crippen LogP) is 3.66. The molecule has 94 valence electrons. The third kappa shape index (κ3) is 2.48. The van der Waals surface area contributed by atoms with E-state index in [0.717, 1.165) is 21.4 Å². The molecule has 0 unspecified atom stereocenters. The minimum Gasteiger partial charge on any atom is -0.344 e. The zero-order chi connectivity index (χ0) is 13.3. The van der Waals surface area contributed by atoms with Crippen molar-refractivity contribution in [3.63, 3.8) is 0 Å². The number of halogens is 1. The summed E-state index contributed by atoms with van der Waals surface area (Å²) in [7, 11) is 1.89. The highest BCUT2D eigenvalue weighted by molar-refractivity contribution is 9.10. The Hall–Kier alpha value is -1.55. The van der Waals surface area contributed by atoms with E-state index in [1.54, 1.807) is 0 Å². The molecule has 0 saturated heterocycles. The number of nitrogens with one attached hydrogen (secondary N) is 1. The van der Waals surface area contributed by atoms with Crippen LogP contribution in [0, 0.1) is 13.8 Å². The van der Waals surface area contributed by atoms with Crippen molar-refractivity contribution in [2.45, 2.75) is 13.8 Å². The van der Waals surface area contributed by atoms with Gasteiger partial charge in [-0.1, -0.05) is 15.9 Å². The fourth-order valence-corrected chi connectivity index (χ4v) is 2.01. The molecule has 2 aromatic rings. The molecule has 1 N–H and O–H groups in total. The lowest BCUT2D eigenvalue weighted by molar-refractivity contribution is 0.101. The number of aryl methyl sites for hydroxylation is 2. The summed E-state index contributed by atoms with van der Waals surface area (Å²) in [5.41, 5.74) is 3.62. The second-order valence-electron chi connectivity index (χ2n) is 4.34. The second kappa shape index (κ2) is 4.98. The van der Waals surface area contributed by atoms with E-state index in [0.29, 0.717) is 5.69 Å². The van der Waals surface area contributed by atoms with Crippen LogP contribution < -0.4 is 5.32 Å². The van der Waals surface area contributed by atoms with Crippen molar-refractivity contribution in [2.24, 2.45) is 7.05 Å². The molecule has 0 aliphatic rings. The minimum absolute atomic E-state index is 0.0904. The lowest BCUT2D eigenvalue weighted by Gasteiger charge is -2.08. The number of amides is 1. The molecule has 0 bridgehead atoms. The third-order valence-electron chi connectivity index (χ3n) is 3.02. The maximum atomic E-state index is 12.1. The van der Waals surface area contributed by atoms with Gasteiger partial charge in [-0.15, -0.1) is 0 Å². The first-order valence-electron chi connectivity index (χ1n) is 5.69. The molecule has 1 heterocycles. The number of anilines is 1. The number of carbonyl (C=O) groups excluding carboxylic acids is 1. The largest absolute Gasteiger partial charge is 0.344 e. The molecular formula is C14H15BrN2O. The van der Waals surface area contributed by atoms with Crippen LogP contribution in [0.15, 0.2) is 34.8 Å². The summed E-state index contributed by atoms with van der Waals surface area (Å²) < 4.78 is 2.91. The van der Waals surface area contributed by atoms with Gasteiger partial charge in [-0.2, -0.15) is 0 Å². The maximum Gasteiger partial charge on any atom is 0.272 e. The zero-order valence-electron chi connectivity index (χ0n) is 10.6. The molecule has 2 rings (SSSR count). The van der Waals surface area contributed by atoms with Crippen molar-refractivity contribution >= 4 is 27.5 Å². The second-order valence-corrected chi connectivity index (χ2v) is 5.19. The van der Waals surface area contributed by atoms with Gasteiger partial charge in [0.05, 0.1) is 0 Å². The van der Waals surface area contributed by atoms with Crippen LogP contribution in [0.25, 0.3) is 0 Å². The van der Waals surface area contributed by atoms with Crippen LogP contribution in [0.5, 0.6) is 0 Å². The standard InChI is InChI=1S/C14H15BrN2O/c1-9-8-11(5-6-12(9)15)16-14(18)13-7-4-10(2)17(13)3/h4-8H,1-3H3,(H,16,18). The summed E-state index contributed by atoms with van der Waals surface area (Å²) in [6, 6.07) is 9.52. The van der Waals surface area contributed by atoms with Crippen molar-refractivity contribution in [1.29, 1.82) is 0 Å². The summed E-state index contributed by atoms with van der Waals surface area (Å²) in [5.74, 6) is -0.0904. The minimum atomic E-state index is -0.0904. The molecule has 4 heteroatoms. The Morgan fingerprint density at radius 3 is 2.50 bits per heavy atom. The smallest absolute Gasteiger partial charge is 0.272 e. The van der Waals surface area contributed by atoms with Gasteiger partial charge in [-0.3, -0.25) is 4.79 Å². The number of hydrogen-bond acceptors (Lipinski definition) is 1. The summed E-state index contributed by atoms with van der Waals surface area (Å²) in [6.45, 7) is 3.97. The summed E-state index contributed by atoms with van der Waals surface area (Å²) in [5, 5.41) is 2.90. The highest BCUT2D eigenvalue weighted by atomic mass is 79.9. The quantitative estimate of drug-likeness (QED) is 0.902. The van der Waals surface area contributed by atoms with Gasteiger partial charge in [0.25, 0.3) is 5.91 Å². The average Bonchev–Trinajstić information content (AvgIpc) is 2.65. The fraction of sp³-hybridized carbons (Fsp3) is 0.214. The van der Waals surface area contributed by atoms with Crippen LogP contribution in [0.4, 0.5) is 5.69 Å². The lowest BCUT2D eigenvalue weighted by atomic mass is 10.2. The Morgan fingerprint density at radius 1 is 1.22 bits per heavy atom. The molecule has 0 radical (unpaired) electrons. The lowest BCUT2D eigenvalue weighted by Crippen LogP contribution is -2.16. The van der Waals surface area contributed by atoms with Gasteiger partial charge in [0.15, 0.2) is 0 Å². The molecule has 0 fully saturated rings. The Morgan fingerprint density at radius 2 is 1.94 bits per heavy atom. The van der Waals surface area contributed by atoms with E-state index in [1.165, 1.54) is 0 Å². The maximum absolute atomic E-state index is 12.1. The van der Waals surface area contributed by atoms with Crippen LogP contribution in [-0.2, 0) is 7.05 Å². The van der Waals surface area contributed by atoms with Crippen LogP contribution >= 0.6 is 15.9 Å². The number of nitrogens with zero attached hydrogens (tertiary/aromatic N) is 1. The van der Waals surface area contributed by atoms with Crippen LogP contribution in [0.2, 0.25) is 0 Å². The van der Waals surface area contributed by atoms with Gasteiger partial charge in [0.2, 0.25) is 0 Å². The number of rotatable bonds is 2. The highest BCUT2D eigenvalue weighted by Gasteiger charge is 2.11. The average molecular weight is 307 g/mol. The molecule has 0 aliphatic carbocycles. The molecule has 0 spiro atoms. The number of benzene rings is 1. The van der Waals surface area contributed by atoms with E-state index in [2.05, 4.69) is 21.2 Å². The molecule has 0 aliphatic heterocycles. The van der Waals surface area contributed by atoms with Crippen LogP contribution in [-0.4, -0.2) is 10.5 Å². The van der Waals surface area contributed by atoms with Crippen molar-refractivity contribution in [1.82, 2.24) is 4.57 Å². The predicted molar refractivity (Wildman–Crippen MR) is 77.0 cm³/mol. The van der Waals surface area contributed by atoms with Crippen molar-refractivity contribution in [2.75, 3.05) is 5.32 Å². The highest BCUT2D eigenvalue weighted by Crippen LogP contribution is 2.20. The number of aromatic nitrogens is 1. The molecule has 18 heavy (non-hydrogen) atoms. The molecule has 1 aromatic carbocycles. The molecular weight excluding hydrogens is 292 g/mol. The van der Waals surface area contributed by atoms with Crippen LogP contribution in [0.3, 0.4) is 0 Å². The fourth-order valence-electron chi connectivity index (χ4n) is 1.76. The third-order valence-corrected chi connectivity index (χ3v) is 3.91. The topological polar surface area (TPSA) is 34.0 Å². The van der Waals surface area contributed by atoms with Gasteiger partial charge >= 0.3 is 0 Å². The van der Waals surface area contributed by atoms with E-state index >= 15 is 0 Å². The number of carbonyl (C=O) groups is 1. The van der Waals surface area contributed by atoms with Gasteiger partial charge < -0.3 is 9.88 Å². The first-order valence-corrected chi connectivity index (χ1v) is 6.48. The van der Waals surface area contributed by atoms with Crippen molar-refractivity contribution < 1.29 is 4.79 Å². The summed E-state index contributed by atoms with van der Waals surface area (Å²) >= 11 is 3.44. The Balaban J connectivity index is 2.21. The molecule has 0 atom stereocenters. The first-order chi connectivity index (χ1) is 8.49. The summed E-state index contributed by atoms with van der Waals surface area (Å²) in [4.78, 5) is 12.1. The monoisotopic (exact) mass is 306 g/mol. The Kier molecular flexibility index (Phi) is 3.57. The summed E-state index contributed by atoms with van der Waals surface area (Å²) in [6.07, 6.45) is 0. The first kappa shape index (κ1) is 12.9. The van der Waals surface area contributed by atoms with Gasteiger partial charge in [-0.05, 0) is 49.7 Å². The number of hydrogen-bond donors (Lipinski definition) is 1. The van der Waals surface area contributed by atoms with E-state index in [4.69, 9.17) is 0 Å². The normalized spacial score (nSPS) is 10.4. The van der Waals surface area contributed by atoms with E-state index < -0.39 is 0 Å².